The molecule has 23 heavy (non-hydrogen) atoms. The molecule has 3 rings (SSSR count). The van der Waals surface area contributed by atoms with Gasteiger partial charge in [-0.3, -0.25) is 4.79 Å². The maximum Gasteiger partial charge on any atom is 0.225 e. The molecular weight excluding hydrogens is 297 g/mol. The lowest BCUT2D eigenvalue weighted by atomic mass is 9.74. The zero-order valence-corrected chi connectivity index (χ0v) is 13.5. The van der Waals surface area contributed by atoms with E-state index in [1.165, 1.54) is 12.1 Å². The number of nitrogens with one attached hydrogen (secondary N) is 1. The van der Waals surface area contributed by atoms with E-state index in [0.29, 0.717) is 26.4 Å². The molecule has 0 unspecified atom stereocenters. The third-order valence-electron chi connectivity index (χ3n) is 5.22. The molecule has 2 heterocycles. The second-order valence-electron chi connectivity index (χ2n) is 6.59. The second kappa shape index (κ2) is 6.97. The lowest BCUT2D eigenvalue weighted by Crippen LogP contribution is -2.46. The van der Waals surface area contributed by atoms with Crippen molar-refractivity contribution in [2.24, 2.45) is 5.92 Å². The first-order chi connectivity index (χ1) is 11.1. The molecule has 0 spiro atoms. The lowest BCUT2D eigenvalue weighted by Gasteiger charge is -2.38. The van der Waals surface area contributed by atoms with Gasteiger partial charge in [0.1, 0.15) is 5.82 Å². The normalized spacial score (nSPS) is 26.9. The third kappa shape index (κ3) is 3.56. The molecule has 2 aliphatic heterocycles. The van der Waals surface area contributed by atoms with E-state index in [9.17, 15) is 9.18 Å². The topological polar surface area (TPSA) is 47.6 Å². The highest BCUT2D eigenvalue weighted by Crippen LogP contribution is 2.34. The largest absolute Gasteiger partial charge is 0.381 e. The van der Waals surface area contributed by atoms with E-state index < -0.39 is 0 Å². The van der Waals surface area contributed by atoms with Crippen molar-refractivity contribution in [1.29, 1.82) is 0 Å². The Morgan fingerprint density at radius 3 is 2.57 bits per heavy atom. The highest BCUT2D eigenvalue weighted by molar-refractivity contribution is 5.79. The zero-order valence-electron chi connectivity index (χ0n) is 13.5. The second-order valence-corrected chi connectivity index (χ2v) is 6.59. The molecule has 0 bridgehead atoms. The van der Waals surface area contributed by atoms with Crippen LogP contribution >= 0.6 is 0 Å². The third-order valence-corrected chi connectivity index (χ3v) is 5.22. The van der Waals surface area contributed by atoms with Crippen molar-refractivity contribution in [3.8, 4) is 0 Å². The summed E-state index contributed by atoms with van der Waals surface area (Å²) in [5.74, 6) is -0.250. The highest BCUT2D eigenvalue weighted by atomic mass is 19.1. The molecule has 0 radical (unpaired) electrons. The summed E-state index contributed by atoms with van der Waals surface area (Å²) in [7, 11) is 0. The summed E-state index contributed by atoms with van der Waals surface area (Å²) in [5, 5.41) is 3.11. The Balaban J connectivity index is 1.72. The van der Waals surface area contributed by atoms with Gasteiger partial charge in [-0.15, -0.1) is 0 Å². The standard InChI is InChI=1S/C18H24FNO3/c1-13-16(6-9-23-13)17(21)20-12-18(7-10-22-11-8-18)14-2-4-15(19)5-3-14/h2-5,13,16H,6-12H2,1H3,(H,20,21)/t13-,16+/m0/s1. The van der Waals surface area contributed by atoms with Crippen molar-refractivity contribution >= 4 is 5.91 Å². The average molecular weight is 321 g/mol. The van der Waals surface area contributed by atoms with Gasteiger partial charge in [0, 0.05) is 31.8 Å². The van der Waals surface area contributed by atoms with Crippen LogP contribution in [0, 0.1) is 11.7 Å². The van der Waals surface area contributed by atoms with E-state index in [1.807, 2.05) is 19.1 Å². The SMILES string of the molecule is C[C@@H]1OCC[C@H]1C(=O)NCC1(c2ccc(F)cc2)CCOCC1. The predicted molar refractivity (Wildman–Crippen MR) is 84.7 cm³/mol. The molecule has 1 amide bonds. The number of hydrogen-bond acceptors (Lipinski definition) is 3. The molecule has 1 N–H and O–H groups in total. The molecule has 2 saturated heterocycles. The molecule has 0 saturated carbocycles. The number of rotatable bonds is 4. The van der Waals surface area contributed by atoms with Crippen LogP contribution in [0.25, 0.3) is 0 Å². The number of hydrogen-bond donors (Lipinski definition) is 1. The Morgan fingerprint density at radius 1 is 1.26 bits per heavy atom. The zero-order chi connectivity index (χ0) is 16.3. The van der Waals surface area contributed by atoms with E-state index in [-0.39, 0.29) is 29.2 Å². The van der Waals surface area contributed by atoms with Crippen molar-refractivity contribution in [3.05, 3.63) is 35.6 Å². The minimum absolute atomic E-state index is 0.0218. The fourth-order valence-electron chi connectivity index (χ4n) is 3.60. The molecule has 2 atom stereocenters. The molecule has 1 aromatic rings. The Labute approximate surface area is 136 Å². The molecular formula is C18H24FNO3. The van der Waals surface area contributed by atoms with E-state index in [4.69, 9.17) is 9.47 Å². The van der Waals surface area contributed by atoms with Crippen molar-refractivity contribution in [2.45, 2.75) is 37.7 Å². The summed E-state index contributed by atoms with van der Waals surface area (Å²) in [6, 6.07) is 6.63. The fraction of sp³-hybridized carbons (Fsp3) is 0.611. The number of halogens is 1. The average Bonchev–Trinajstić information content (AvgIpc) is 3.00. The van der Waals surface area contributed by atoms with Gasteiger partial charge in [-0.05, 0) is 43.9 Å². The van der Waals surface area contributed by atoms with Gasteiger partial charge >= 0.3 is 0 Å². The maximum absolute atomic E-state index is 13.2. The number of amides is 1. The van der Waals surface area contributed by atoms with Gasteiger partial charge in [0.05, 0.1) is 12.0 Å². The first kappa shape index (κ1) is 16.4. The molecule has 4 nitrogen and oxygen atoms in total. The van der Waals surface area contributed by atoms with E-state index in [0.717, 1.165) is 24.8 Å². The molecule has 0 aliphatic carbocycles. The van der Waals surface area contributed by atoms with Crippen LogP contribution in [0.4, 0.5) is 4.39 Å². The molecule has 5 heteroatoms. The van der Waals surface area contributed by atoms with Gasteiger partial charge in [-0.2, -0.15) is 0 Å². The Morgan fingerprint density at radius 2 is 1.96 bits per heavy atom. The Hall–Kier alpha value is -1.46. The van der Waals surface area contributed by atoms with Gasteiger partial charge in [-0.1, -0.05) is 12.1 Å². The fourth-order valence-corrected chi connectivity index (χ4v) is 3.60. The Kier molecular flexibility index (Phi) is 4.97. The van der Waals surface area contributed by atoms with Crippen LogP contribution in [0.2, 0.25) is 0 Å². The van der Waals surface area contributed by atoms with E-state index in [1.54, 1.807) is 0 Å². The molecule has 1 aromatic carbocycles. The summed E-state index contributed by atoms with van der Waals surface area (Å²) >= 11 is 0. The highest BCUT2D eigenvalue weighted by Gasteiger charge is 2.37. The van der Waals surface area contributed by atoms with Gasteiger partial charge in [-0.25, -0.2) is 4.39 Å². The van der Waals surface area contributed by atoms with Crippen molar-refractivity contribution in [1.82, 2.24) is 5.32 Å². The number of benzene rings is 1. The smallest absolute Gasteiger partial charge is 0.225 e. The monoisotopic (exact) mass is 321 g/mol. The van der Waals surface area contributed by atoms with Gasteiger partial charge < -0.3 is 14.8 Å². The van der Waals surface area contributed by atoms with Crippen LogP contribution < -0.4 is 5.32 Å². The molecule has 2 aliphatic rings. The number of carbonyl (C=O) groups is 1. The first-order valence-electron chi connectivity index (χ1n) is 8.34. The first-order valence-corrected chi connectivity index (χ1v) is 8.34. The van der Waals surface area contributed by atoms with Crippen LogP contribution in [-0.2, 0) is 19.7 Å². The lowest BCUT2D eigenvalue weighted by molar-refractivity contribution is -0.126. The minimum Gasteiger partial charge on any atom is -0.381 e. The quantitative estimate of drug-likeness (QED) is 0.926. The van der Waals surface area contributed by atoms with Crippen molar-refractivity contribution in [2.75, 3.05) is 26.4 Å². The van der Waals surface area contributed by atoms with Gasteiger partial charge in [0.15, 0.2) is 0 Å². The molecule has 0 aromatic heterocycles. The van der Waals surface area contributed by atoms with Gasteiger partial charge in [0.2, 0.25) is 5.91 Å². The summed E-state index contributed by atoms with van der Waals surface area (Å²) in [6.07, 6.45) is 2.41. The predicted octanol–water partition coefficient (Wildman–Crippen LogP) is 2.42. The van der Waals surface area contributed by atoms with Crippen LogP contribution in [-0.4, -0.2) is 38.4 Å². The summed E-state index contributed by atoms with van der Waals surface area (Å²) in [6.45, 7) is 4.48. The summed E-state index contributed by atoms with van der Waals surface area (Å²) in [5.41, 5.74) is 0.892. The Bertz CT molecular complexity index is 540. The van der Waals surface area contributed by atoms with Crippen LogP contribution in [0.15, 0.2) is 24.3 Å². The van der Waals surface area contributed by atoms with Crippen LogP contribution in [0.3, 0.4) is 0 Å². The van der Waals surface area contributed by atoms with Crippen LogP contribution in [0.5, 0.6) is 0 Å². The minimum atomic E-state index is -0.239. The molecule has 2 fully saturated rings. The van der Waals surface area contributed by atoms with Crippen molar-refractivity contribution in [3.63, 3.8) is 0 Å². The summed E-state index contributed by atoms with van der Waals surface area (Å²) < 4.78 is 24.2. The number of carbonyl (C=O) groups excluding carboxylic acids is 1. The molecule has 126 valence electrons. The van der Waals surface area contributed by atoms with E-state index >= 15 is 0 Å². The number of ether oxygens (including phenoxy) is 2. The maximum atomic E-state index is 13.2. The van der Waals surface area contributed by atoms with Crippen LogP contribution in [0.1, 0.15) is 31.7 Å². The van der Waals surface area contributed by atoms with Crippen molar-refractivity contribution < 1.29 is 18.7 Å². The summed E-state index contributed by atoms with van der Waals surface area (Å²) in [4.78, 5) is 12.4. The van der Waals surface area contributed by atoms with E-state index in [2.05, 4.69) is 5.32 Å². The van der Waals surface area contributed by atoms with Gasteiger partial charge in [0.25, 0.3) is 0 Å².